The molecule has 5 nitrogen and oxygen atoms in total. The number of aromatic nitrogens is 4. The zero-order valence-electron chi connectivity index (χ0n) is 8.46. The van der Waals surface area contributed by atoms with Crippen LogP contribution in [0.5, 0.6) is 0 Å². The fourth-order valence-electron chi connectivity index (χ4n) is 1.59. The van der Waals surface area contributed by atoms with Gasteiger partial charge in [-0.2, -0.15) is 5.10 Å². The van der Waals surface area contributed by atoms with Gasteiger partial charge < -0.3 is 10.7 Å². The van der Waals surface area contributed by atoms with Crippen LogP contribution in [0.1, 0.15) is 0 Å². The van der Waals surface area contributed by atoms with E-state index < -0.39 is 0 Å². The van der Waals surface area contributed by atoms with E-state index in [9.17, 15) is 4.39 Å². The van der Waals surface area contributed by atoms with E-state index in [0.29, 0.717) is 32.8 Å². The molecule has 2 heterocycles. The Labute approximate surface area is 103 Å². The molecule has 86 valence electrons. The first-order valence-corrected chi connectivity index (χ1v) is 5.59. The number of fused-ring (bicyclic) bond motifs is 1. The number of anilines is 1. The minimum Gasteiger partial charge on any atom is -0.382 e. The molecule has 0 atom stereocenters. The highest BCUT2D eigenvalue weighted by Crippen LogP contribution is 2.24. The summed E-state index contributed by atoms with van der Waals surface area (Å²) in [5.41, 5.74) is 7.46. The highest BCUT2D eigenvalue weighted by molar-refractivity contribution is 9.10. The van der Waals surface area contributed by atoms with Crippen molar-refractivity contribution >= 4 is 32.8 Å². The molecule has 0 fully saturated rings. The van der Waals surface area contributed by atoms with Gasteiger partial charge in [0.05, 0.1) is 15.5 Å². The van der Waals surface area contributed by atoms with Gasteiger partial charge in [-0.25, -0.2) is 9.37 Å². The quantitative estimate of drug-likeness (QED) is 0.645. The van der Waals surface area contributed by atoms with E-state index in [1.165, 1.54) is 6.07 Å². The molecule has 0 unspecified atom stereocenters. The third kappa shape index (κ3) is 1.68. The average molecular weight is 296 g/mol. The highest BCUT2D eigenvalue weighted by atomic mass is 79.9. The summed E-state index contributed by atoms with van der Waals surface area (Å²) in [6, 6.07) is 4.66. The maximum atomic E-state index is 13.3. The molecule has 0 aliphatic heterocycles. The van der Waals surface area contributed by atoms with Gasteiger partial charge in [-0.1, -0.05) is 0 Å². The van der Waals surface area contributed by atoms with E-state index in [1.54, 1.807) is 12.1 Å². The summed E-state index contributed by atoms with van der Waals surface area (Å²) < 4.78 is 13.7. The van der Waals surface area contributed by atoms with Crippen LogP contribution < -0.4 is 5.73 Å². The molecule has 17 heavy (non-hydrogen) atoms. The van der Waals surface area contributed by atoms with Gasteiger partial charge in [-0.15, -0.1) is 0 Å². The Balaban J connectivity index is 2.19. The average Bonchev–Trinajstić information content (AvgIpc) is 2.85. The van der Waals surface area contributed by atoms with Crippen LogP contribution in [0.2, 0.25) is 0 Å². The number of benzene rings is 1. The molecule has 0 bridgehead atoms. The molecular formula is C10H7BrFN5. The van der Waals surface area contributed by atoms with Crippen LogP contribution in [0.25, 0.3) is 22.6 Å². The SMILES string of the molecule is Nc1cc(-c2nc3cc(Br)c(F)cc3[nH]2)[nH]n1. The number of nitrogens with one attached hydrogen (secondary N) is 2. The van der Waals surface area contributed by atoms with Gasteiger partial charge in [0.25, 0.3) is 0 Å². The highest BCUT2D eigenvalue weighted by Gasteiger charge is 2.10. The Morgan fingerprint density at radius 3 is 2.82 bits per heavy atom. The second-order valence-corrected chi connectivity index (χ2v) is 4.43. The molecule has 4 N–H and O–H groups in total. The predicted molar refractivity (Wildman–Crippen MR) is 65.7 cm³/mol. The molecule has 3 aromatic rings. The summed E-state index contributed by atoms with van der Waals surface area (Å²) in [5, 5.41) is 6.55. The van der Waals surface area contributed by atoms with Gasteiger partial charge >= 0.3 is 0 Å². The second-order valence-electron chi connectivity index (χ2n) is 3.58. The molecule has 0 spiro atoms. The lowest BCUT2D eigenvalue weighted by Crippen LogP contribution is -1.81. The molecule has 0 radical (unpaired) electrons. The molecule has 0 aliphatic carbocycles. The van der Waals surface area contributed by atoms with E-state index in [2.05, 4.69) is 36.1 Å². The van der Waals surface area contributed by atoms with Crippen molar-refractivity contribution in [2.75, 3.05) is 5.73 Å². The summed E-state index contributed by atoms with van der Waals surface area (Å²) in [7, 11) is 0. The lowest BCUT2D eigenvalue weighted by Gasteiger charge is -1.92. The molecule has 3 rings (SSSR count). The topological polar surface area (TPSA) is 83.4 Å². The number of imidazole rings is 1. The van der Waals surface area contributed by atoms with Crippen LogP contribution in [0.3, 0.4) is 0 Å². The molecule has 2 aromatic heterocycles. The van der Waals surface area contributed by atoms with Crippen LogP contribution in [-0.4, -0.2) is 20.2 Å². The van der Waals surface area contributed by atoms with Gasteiger partial charge in [0.2, 0.25) is 0 Å². The largest absolute Gasteiger partial charge is 0.382 e. The normalized spacial score (nSPS) is 11.2. The Hall–Kier alpha value is -1.89. The minimum absolute atomic E-state index is 0.336. The first-order chi connectivity index (χ1) is 8.13. The number of halogens is 2. The standard InChI is InChI=1S/C10H7BrFN5/c11-4-1-6-7(2-5(4)12)15-10(14-6)8-3-9(13)17-16-8/h1-3H,(H,14,15)(H3,13,16,17). The number of hydrogen-bond donors (Lipinski definition) is 3. The van der Waals surface area contributed by atoms with Crippen molar-refractivity contribution in [2.45, 2.75) is 0 Å². The Morgan fingerprint density at radius 2 is 2.12 bits per heavy atom. The van der Waals surface area contributed by atoms with Crippen molar-refractivity contribution in [3.63, 3.8) is 0 Å². The Kier molecular flexibility index (Phi) is 2.15. The monoisotopic (exact) mass is 295 g/mol. The number of aromatic amines is 2. The van der Waals surface area contributed by atoms with E-state index in [4.69, 9.17) is 5.73 Å². The molecule has 0 saturated heterocycles. The van der Waals surface area contributed by atoms with Crippen LogP contribution in [0, 0.1) is 5.82 Å². The zero-order chi connectivity index (χ0) is 12.0. The number of rotatable bonds is 1. The van der Waals surface area contributed by atoms with E-state index in [1.807, 2.05) is 0 Å². The van der Waals surface area contributed by atoms with Gasteiger partial charge in [0.15, 0.2) is 5.82 Å². The van der Waals surface area contributed by atoms with Crippen molar-refractivity contribution in [3.8, 4) is 11.5 Å². The van der Waals surface area contributed by atoms with Crippen LogP contribution in [0.15, 0.2) is 22.7 Å². The summed E-state index contributed by atoms with van der Waals surface area (Å²) in [5.74, 6) is 0.617. The van der Waals surface area contributed by atoms with Crippen LogP contribution >= 0.6 is 15.9 Å². The molecule has 7 heteroatoms. The summed E-state index contributed by atoms with van der Waals surface area (Å²) in [6.07, 6.45) is 0. The predicted octanol–water partition coefficient (Wildman–Crippen LogP) is 2.44. The number of hydrogen-bond acceptors (Lipinski definition) is 3. The minimum atomic E-state index is -0.336. The summed E-state index contributed by atoms with van der Waals surface area (Å²) >= 11 is 3.12. The summed E-state index contributed by atoms with van der Waals surface area (Å²) in [4.78, 5) is 7.31. The molecular weight excluding hydrogens is 289 g/mol. The van der Waals surface area contributed by atoms with Gasteiger partial charge in [-0.05, 0) is 22.0 Å². The molecule has 0 amide bonds. The first-order valence-electron chi connectivity index (χ1n) is 4.79. The molecule has 0 aliphatic rings. The Bertz CT molecular complexity index is 663. The zero-order valence-corrected chi connectivity index (χ0v) is 10.0. The van der Waals surface area contributed by atoms with E-state index in [0.717, 1.165) is 0 Å². The van der Waals surface area contributed by atoms with Gasteiger partial charge in [0.1, 0.15) is 17.3 Å². The number of nitrogen functional groups attached to an aromatic ring is 1. The van der Waals surface area contributed by atoms with Crippen molar-refractivity contribution in [1.82, 2.24) is 20.2 Å². The first kappa shape index (κ1) is 10.3. The van der Waals surface area contributed by atoms with Crippen LogP contribution in [-0.2, 0) is 0 Å². The maximum absolute atomic E-state index is 13.3. The van der Waals surface area contributed by atoms with E-state index in [-0.39, 0.29) is 5.82 Å². The van der Waals surface area contributed by atoms with Crippen molar-refractivity contribution in [1.29, 1.82) is 0 Å². The van der Waals surface area contributed by atoms with E-state index >= 15 is 0 Å². The fourth-order valence-corrected chi connectivity index (χ4v) is 1.92. The fraction of sp³-hybridized carbons (Fsp3) is 0. The molecule has 1 aromatic carbocycles. The molecule has 0 saturated carbocycles. The number of nitrogens with zero attached hydrogens (tertiary/aromatic N) is 2. The lowest BCUT2D eigenvalue weighted by molar-refractivity contribution is 0.623. The Morgan fingerprint density at radius 1 is 1.29 bits per heavy atom. The van der Waals surface area contributed by atoms with Gasteiger partial charge in [-0.3, -0.25) is 5.10 Å². The summed E-state index contributed by atoms with van der Waals surface area (Å²) in [6.45, 7) is 0. The third-order valence-electron chi connectivity index (χ3n) is 2.38. The van der Waals surface area contributed by atoms with Crippen molar-refractivity contribution in [2.24, 2.45) is 0 Å². The van der Waals surface area contributed by atoms with Crippen LogP contribution in [0.4, 0.5) is 10.2 Å². The van der Waals surface area contributed by atoms with Crippen molar-refractivity contribution in [3.05, 3.63) is 28.5 Å². The lowest BCUT2D eigenvalue weighted by atomic mass is 10.3. The third-order valence-corrected chi connectivity index (χ3v) is 2.98. The maximum Gasteiger partial charge on any atom is 0.156 e. The number of nitrogens with two attached hydrogens (primary N) is 1. The second kappa shape index (κ2) is 3.56. The smallest absolute Gasteiger partial charge is 0.156 e. The van der Waals surface area contributed by atoms with Crippen molar-refractivity contribution < 1.29 is 4.39 Å². The number of H-pyrrole nitrogens is 2. The van der Waals surface area contributed by atoms with Gasteiger partial charge in [0, 0.05) is 12.1 Å².